The van der Waals surface area contributed by atoms with Gasteiger partial charge in [-0.05, 0) is 53.6 Å². The summed E-state index contributed by atoms with van der Waals surface area (Å²) in [7, 11) is 4.72. The number of aryl methyl sites for hydroxylation is 2. The van der Waals surface area contributed by atoms with Crippen LogP contribution in [0.5, 0.6) is 11.5 Å². The Hall–Kier alpha value is -4.92. The van der Waals surface area contributed by atoms with Crippen LogP contribution in [0.1, 0.15) is 49.7 Å². The number of aromatic nitrogens is 2. The Balaban J connectivity index is 1.42. The molecule has 0 fully saturated rings. The van der Waals surface area contributed by atoms with E-state index in [-0.39, 0.29) is 23.7 Å². The Labute approximate surface area is 216 Å². The first-order valence-electron chi connectivity index (χ1n) is 11.9. The largest absolute Gasteiger partial charge is 0.465 e. The second-order valence-corrected chi connectivity index (χ2v) is 9.29. The molecule has 38 heavy (non-hydrogen) atoms. The standard InChI is InChI=1S/C29H22N2O7/c1-30-20-10-8-17(13-21(20)31(2)29(30)35)19-14-24(32)37-22-11-9-18-26(33)23(38-27(18)25(19)22)12-15-4-6-16(7-5-15)28(34)36-3/h4-13,19H,14H2,1-3H3. The van der Waals surface area contributed by atoms with Gasteiger partial charge in [0, 0.05) is 25.6 Å². The number of methoxy groups -OCH3 is 1. The van der Waals surface area contributed by atoms with Crippen LogP contribution in [0.15, 0.2) is 65.2 Å². The number of ether oxygens (including phenoxy) is 3. The molecule has 0 aliphatic carbocycles. The van der Waals surface area contributed by atoms with Crippen LogP contribution in [-0.2, 0) is 23.6 Å². The van der Waals surface area contributed by atoms with Crippen LogP contribution >= 0.6 is 0 Å². The van der Waals surface area contributed by atoms with Gasteiger partial charge in [0.05, 0.1) is 35.7 Å². The van der Waals surface area contributed by atoms with E-state index in [0.717, 1.165) is 16.6 Å². The van der Waals surface area contributed by atoms with Crippen molar-refractivity contribution in [2.75, 3.05) is 7.11 Å². The van der Waals surface area contributed by atoms with Gasteiger partial charge in [0.15, 0.2) is 5.76 Å². The van der Waals surface area contributed by atoms with Crippen LogP contribution in [0.3, 0.4) is 0 Å². The van der Waals surface area contributed by atoms with Gasteiger partial charge in [0.25, 0.3) is 0 Å². The number of ketones is 1. The minimum atomic E-state index is -0.453. The molecule has 0 spiro atoms. The Morgan fingerprint density at radius 2 is 1.68 bits per heavy atom. The van der Waals surface area contributed by atoms with Gasteiger partial charge >= 0.3 is 17.6 Å². The summed E-state index contributed by atoms with van der Waals surface area (Å²) in [6, 6.07) is 15.4. The average molecular weight is 511 g/mol. The Morgan fingerprint density at radius 3 is 2.42 bits per heavy atom. The van der Waals surface area contributed by atoms with Crippen molar-refractivity contribution in [3.05, 3.63) is 98.7 Å². The lowest BCUT2D eigenvalue weighted by atomic mass is 9.84. The smallest absolute Gasteiger partial charge is 0.337 e. The number of carbonyl (C=O) groups excluding carboxylic acids is 3. The molecule has 0 amide bonds. The van der Waals surface area contributed by atoms with Crippen molar-refractivity contribution in [3.8, 4) is 11.5 Å². The van der Waals surface area contributed by atoms with Crippen LogP contribution in [0.4, 0.5) is 0 Å². The lowest BCUT2D eigenvalue weighted by molar-refractivity contribution is -0.135. The van der Waals surface area contributed by atoms with Crippen molar-refractivity contribution in [3.63, 3.8) is 0 Å². The molecule has 0 bridgehead atoms. The predicted octanol–water partition coefficient (Wildman–Crippen LogP) is 3.72. The van der Waals surface area contributed by atoms with Crippen molar-refractivity contribution in [2.24, 2.45) is 14.1 Å². The molecule has 2 aliphatic rings. The summed E-state index contributed by atoms with van der Waals surface area (Å²) in [6.07, 6.45) is 1.66. The third kappa shape index (κ3) is 3.54. The highest BCUT2D eigenvalue weighted by Gasteiger charge is 2.38. The van der Waals surface area contributed by atoms with Crippen molar-refractivity contribution in [1.29, 1.82) is 0 Å². The average Bonchev–Trinajstić information content (AvgIpc) is 3.35. The minimum absolute atomic E-state index is 0.0569. The number of Topliss-reactive ketones (excluding diaryl/α,β-unsaturated/α-hetero) is 1. The van der Waals surface area contributed by atoms with E-state index in [2.05, 4.69) is 0 Å². The molecule has 1 atom stereocenters. The lowest BCUT2D eigenvalue weighted by Crippen LogP contribution is -2.21. The highest BCUT2D eigenvalue weighted by Crippen LogP contribution is 2.49. The molecule has 3 heterocycles. The van der Waals surface area contributed by atoms with Crippen molar-refractivity contribution in [1.82, 2.24) is 9.13 Å². The van der Waals surface area contributed by atoms with Crippen LogP contribution in [0, 0.1) is 0 Å². The van der Waals surface area contributed by atoms with E-state index < -0.39 is 17.9 Å². The van der Waals surface area contributed by atoms with Crippen molar-refractivity contribution >= 4 is 34.8 Å². The third-order valence-corrected chi connectivity index (χ3v) is 7.11. The predicted molar refractivity (Wildman–Crippen MR) is 137 cm³/mol. The van der Waals surface area contributed by atoms with Gasteiger partial charge in [-0.15, -0.1) is 0 Å². The second-order valence-electron chi connectivity index (χ2n) is 9.29. The van der Waals surface area contributed by atoms with E-state index in [1.165, 1.54) is 7.11 Å². The first kappa shape index (κ1) is 23.5. The topological polar surface area (TPSA) is 106 Å². The number of hydrogen-bond donors (Lipinski definition) is 0. The summed E-state index contributed by atoms with van der Waals surface area (Å²) in [4.78, 5) is 49.9. The van der Waals surface area contributed by atoms with Gasteiger partial charge in [-0.2, -0.15) is 0 Å². The molecule has 6 rings (SSSR count). The molecule has 9 heteroatoms. The highest BCUT2D eigenvalue weighted by molar-refractivity contribution is 6.15. The van der Waals surface area contributed by atoms with E-state index in [4.69, 9.17) is 14.2 Å². The Kier molecular flexibility index (Phi) is 5.30. The molecular weight excluding hydrogens is 488 g/mol. The van der Waals surface area contributed by atoms with Gasteiger partial charge < -0.3 is 14.2 Å². The molecule has 0 N–H and O–H groups in total. The van der Waals surface area contributed by atoms with Gasteiger partial charge in [0.1, 0.15) is 11.5 Å². The number of carbonyl (C=O) groups is 3. The molecular formula is C29H22N2O7. The summed E-state index contributed by atoms with van der Waals surface area (Å²) in [6.45, 7) is 0. The van der Waals surface area contributed by atoms with Gasteiger partial charge in [-0.1, -0.05) is 18.2 Å². The molecule has 4 aromatic rings. The molecule has 190 valence electrons. The molecule has 0 saturated carbocycles. The summed E-state index contributed by atoms with van der Waals surface area (Å²) in [5.41, 5.74) is 4.20. The number of hydrogen-bond acceptors (Lipinski definition) is 7. The molecule has 1 aromatic heterocycles. The normalized spacial score (nSPS) is 17.2. The third-order valence-electron chi connectivity index (χ3n) is 7.11. The molecule has 3 aromatic carbocycles. The zero-order valence-electron chi connectivity index (χ0n) is 20.8. The Morgan fingerprint density at radius 1 is 0.947 bits per heavy atom. The zero-order chi connectivity index (χ0) is 26.7. The highest BCUT2D eigenvalue weighted by atomic mass is 16.5. The van der Waals surface area contributed by atoms with E-state index in [1.54, 1.807) is 65.7 Å². The quantitative estimate of drug-likeness (QED) is 0.235. The number of esters is 2. The Bertz CT molecular complexity index is 1770. The van der Waals surface area contributed by atoms with Crippen molar-refractivity contribution in [2.45, 2.75) is 12.3 Å². The SMILES string of the molecule is COC(=O)c1ccc(C=C2Oc3c(ccc4c3C(c3ccc5c(c3)n(C)c(=O)n5C)CC(=O)O4)C2=O)cc1. The van der Waals surface area contributed by atoms with Crippen molar-refractivity contribution < 1.29 is 28.6 Å². The fourth-order valence-corrected chi connectivity index (χ4v) is 5.12. The van der Waals surface area contributed by atoms with Gasteiger partial charge in [0.2, 0.25) is 5.78 Å². The number of imidazole rings is 1. The van der Waals surface area contributed by atoms with E-state index in [9.17, 15) is 19.2 Å². The number of rotatable bonds is 3. The van der Waals surface area contributed by atoms with E-state index in [0.29, 0.717) is 33.8 Å². The van der Waals surface area contributed by atoms with Crippen LogP contribution < -0.4 is 15.2 Å². The molecule has 1 unspecified atom stereocenters. The summed E-state index contributed by atoms with van der Waals surface area (Å²) in [5.74, 6) is -0.770. The maximum atomic E-state index is 13.3. The number of benzene rings is 3. The van der Waals surface area contributed by atoms with Crippen LogP contribution in [-0.4, -0.2) is 34.0 Å². The maximum absolute atomic E-state index is 13.3. The fraction of sp³-hybridized carbons (Fsp3) is 0.172. The first-order valence-corrected chi connectivity index (χ1v) is 11.9. The maximum Gasteiger partial charge on any atom is 0.337 e. The number of fused-ring (bicyclic) bond motifs is 4. The molecule has 0 saturated heterocycles. The minimum Gasteiger partial charge on any atom is -0.465 e. The molecule has 2 aliphatic heterocycles. The lowest BCUT2D eigenvalue weighted by Gasteiger charge is -2.26. The van der Waals surface area contributed by atoms with E-state index >= 15 is 0 Å². The fourth-order valence-electron chi connectivity index (χ4n) is 5.12. The zero-order valence-corrected chi connectivity index (χ0v) is 20.8. The molecule has 0 radical (unpaired) electrons. The summed E-state index contributed by atoms with van der Waals surface area (Å²) < 4.78 is 19.5. The number of nitrogens with zero attached hydrogens (tertiary/aromatic N) is 2. The number of allylic oxidation sites excluding steroid dienone is 1. The molecule has 9 nitrogen and oxygen atoms in total. The summed E-state index contributed by atoms with van der Waals surface area (Å²) in [5, 5.41) is 0. The van der Waals surface area contributed by atoms with Crippen LogP contribution in [0.25, 0.3) is 17.1 Å². The van der Waals surface area contributed by atoms with Gasteiger partial charge in [-0.3, -0.25) is 18.7 Å². The monoisotopic (exact) mass is 510 g/mol. The van der Waals surface area contributed by atoms with Crippen LogP contribution in [0.2, 0.25) is 0 Å². The van der Waals surface area contributed by atoms with E-state index in [1.807, 2.05) is 18.2 Å². The first-order chi connectivity index (χ1) is 18.3. The van der Waals surface area contributed by atoms with Gasteiger partial charge in [-0.25, -0.2) is 9.59 Å². The summed E-state index contributed by atoms with van der Waals surface area (Å²) >= 11 is 0. The second kappa shape index (κ2) is 8.58.